The molecular weight excluding hydrogens is 412 g/mol. The highest BCUT2D eigenvalue weighted by molar-refractivity contribution is 6.00. The summed E-state index contributed by atoms with van der Waals surface area (Å²) in [7, 11) is 0. The number of nitrogens with zero attached hydrogens (tertiary/aromatic N) is 3. The van der Waals surface area contributed by atoms with Crippen LogP contribution in [0.15, 0.2) is 48.5 Å². The molecule has 0 unspecified atom stereocenters. The molecule has 0 aromatic heterocycles. The van der Waals surface area contributed by atoms with Crippen LogP contribution in [0.3, 0.4) is 0 Å². The summed E-state index contributed by atoms with van der Waals surface area (Å²) in [4.78, 5) is 58.2. The Balaban J connectivity index is 1.55. The molecule has 1 atom stereocenters. The first-order chi connectivity index (χ1) is 14.7. The van der Waals surface area contributed by atoms with E-state index in [1.807, 2.05) is 0 Å². The summed E-state index contributed by atoms with van der Waals surface area (Å²) in [6.45, 7) is -0.672. The Bertz CT molecular complexity index is 1070. The number of nitro benzene ring substituents is 2. The molecule has 3 rings (SSSR count). The quantitative estimate of drug-likeness (QED) is 0.398. The van der Waals surface area contributed by atoms with Crippen molar-refractivity contribution in [2.75, 3.05) is 23.4 Å². The van der Waals surface area contributed by atoms with E-state index < -0.39 is 40.2 Å². The maximum Gasteiger partial charge on any atom is 0.311 e. The number of amides is 2. The highest BCUT2D eigenvalue weighted by Crippen LogP contribution is 2.28. The van der Waals surface area contributed by atoms with Crippen LogP contribution >= 0.6 is 0 Å². The minimum atomic E-state index is -0.836. The van der Waals surface area contributed by atoms with Gasteiger partial charge in [0.05, 0.1) is 21.5 Å². The normalized spacial score (nSPS) is 15.4. The summed E-state index contributed by atoms with van der Waals surface area (Å²) in [5.74, 6) is -2.70. The Hall–Kier alpha value is -4.35. The lowest BCUT2D eigenvalue weighted by Crippen LogP contribution is -2.28. The molecule has 1 heterocycles. The summed E-state index contributed by atoms with van der Waals surface area (Å²) in [6.07, 6.45) is -0.159. The molecule has 1 aliphatic rings. The van der Waals surface area contributed by atoms with Gasteiger partial charge in [0.15, 0.2) is 6.61 Å². The molecule has 0 spiro atoms. The maximum atomic E-state index is 12.3. The highest BCUT2D eigenvalue weighted by Gasteiger charge is 2.36. The lowest BCUT2D eigenvalue weighted by Gasteiger charge is -2.16. The zero-order chi connectivity index (χ0) is 22.5. The Labute approximate surface area is 174 Å². The van der Waals surface area contributed by atoms with E-state index in [0.29, 0.717) is 0 Å². The van der Waals surface area contributed by atoms with Gasteiger partial charge >= 0.3 is 5.97 Å². The summed E-state index contributed by atoms with van der Waals surface area (Å²) >= 11 is 0. The Morgan fingerprint density at radius 2 is 1.71 bits per heavy atom. The van der Waals surface area contributed by atoms with E-state index >= 15 is 0 Å². The molecule has 1 N–H and O–H groups in total. The number of rotatable bonds is 7. The van der Waals surface area contributed by atoms with Crippen LogP contribution in [-0.4, -0.2) is 40.8 Å². The van der Waals surface area contributed by atoms with Crippen LogP contribution in [-0.2, 0) is 19.1 Å². The zero-order valence-corrected chi connectivity index (χ0v) is 15.9. The molecular formula is C19H16N4O8. The topological polar surface area (TPSA) is 162 Å². The van der Waals surface area contributed by atoms with Crippen molar-refractivity contribution in [3.05, 3.63) is 68.8 Å². The predicted molar refractivity (Wildman–Crippen MR) is 106 cm³/mol. The van der Waals surface area contributed by atoms with Gasteiger partial charge in [-0.05, 0) is 12.1 Å². The number of ether oxygens (including phenoxy) is 1. The van der Waals surface area contributed by atoms with Crippen molar-refractivity contribution in [3.63, 3.8) is 0 Å². The van der Waals surface area contributed by atoms with Gasteiger partial charge in [0.1, 0.15) is 0 Å². The summed E-state index contributed by atoms with van der Waals surface area (Å²) in [6, 6.07) is 10.7. The van der Waals surface area contributed by atoms with Gasteiger partial charge in [0.25, 0.3) is 17.3 Å². The monoisotopic (exact) mass is 428 g/mol. The second kappa shape index (κ2) is 8.98. The van der Waals surface area contributed by atoms with Gasteiger partial charge in [0.2, 0.25) is 5.91 Å². The van der Waals surface area contributed by atoms with Gasteiger partial charge in [0, 0.05) is 42.9 Å². The lowest BCUT2D eigenvalue weighted by atomic mass is 10.1. The van der Waals surface area contributed by atoms with E-state index in [4.69, 9.17) is 4.74 Å². The number of non-ortho nitro benzene ring substituents is 2. The Morgan fingerprint density at radius 3 is 2.39 bits per heavy atom. The van der Waals surface area contributed by atoms with Crippen LogP contribution in [0.2, 0.25) is 0 Å². The van der Waals surface area contributed by atoms with Crippen molar-refractivity contribution in [2.45, 2.75) is 6.42 Å². The average Bonchev–Trinajstić information content (AvgIpc) is 3.14. The average molecular weight is 428 g/mol. The third-order valence-electron chi connectivity index (χ3n) is 4.50. The van der Waals surface area contributed by atoms with E-state index in [9.17, 15) is 34.6 Å². The van der Waals surface area contributed by atoms with E-state index in [1.54, 1.807) is 0 Å². The number of hydrogen-bond acceptors (Lipinski definition) is 8. The van der Waals surface area contributed by atoms with E-state index in [2.05, 4.69) is 5.32 Å². The Kier molecular flexibility index (Phi) is 6.19. The maximum absolute atomic E-state index is 12.3. The highest BCUT2D eigenvalue weighted by atomic mass is 16.6. The van der Waals surface area contributed by atoms with Crippen LogP contribution < -0.4 is 10.2 Å². The largest absolute Gasteiger partial charge is 0.455 e. The van der Waals surface area contributed by atoms with Crippen molar-refractivity contribution >= 4 is 40.5 Å². The lowest BCUT2D eigenvalue weighted by molar-refractivity contribution is -0.385. The third-order valence-corrected chi connectivity index (χ3v) is 4.50. The zero-order valence-electron chi connectivity index (χ0n) is 15.9. The van der Waals surface area contributed by atoms with E-state index in [1.165, 1.54) is 47.4 Å². The molecule has 2 aromatic carbocycles. The number of hydrogen-bond donors (Lipinski definition) is 1. The van der Waals surface area contributed by atoms with Crippen LogP contribution in [0.4, 0.5) is 22.7 Å². The number of benzene rings is 2. The molecule has 2 aromatic rings. The minimum Gasteiger partial charge on any atom is -0.455 e. The second-order valence-electron chi connectivity index (χ2n) is 6.65. The van der Waals surface area contributed by atoms with Gasteiger partial charge < -0.3 is 15.0 Å². The number of nitrogens with one attached hydrogen (secondary N) is 1. The summed E-state index contributed by atoms with van der Waals surface area (Å²) in [5, 5.41) is 24.1. The van der Waals surface area contributed by atoms with Gasteiger partial charge in [-0.25, -0.2) is 0 Å². The molecule has 12 heteroatoms. The second-order valence-corrected chi connectivity index (χ2v) is 6.65. The molecule has 0 radical (unpaired) electrons. The number of esters is 1. The summed E-state index contributed by atoms with van der Waals surface area (Å²) < 4.78 is 4.96. The van der Waals surface area contributed by atoms with Crippen LogP contribution in [0.1, 0.15) is 6.42 Å². The number of anilines is 2. The standard InChI is InChI=1S/C19H16N4O8/c24-17(20-13-3-1-5-15(8-13)22(27)28)11-31-19(26)12-7-18(25)21(10-12)14-4-2-6-16(9-14)23(29)30/h1-6,8-9,12H,7,10-11H2,(H,20,24)/t12-/m1/s1. The molecule has 1 aliphatic heterocycles. The van der Waals surface area contributed by atoms with Crippen LogP contribution in [0.5, 0.6) is 0 Å². The van der Waals surface area contributed by atoms with Crippen molar-refractivity contribution in [1.29, 1.82) is 0 Å². The predicted octanol–water partition coefficient (Wildman–Crippen LogP) is 2.04. The number of carbonyl (C=O) groups is 3. The molecule has 0 bridgehead atoms. The minimum absolute atomic E-state index is 0.0364. The van der Waals surface area contributed by atoms with Gasteiger partial charge in [-0.15, -0.1) is 0 Å². The van der Waals surface area contributed by atoms with Crippen LogP contribution in [0.25, 0.3) is 0 Å². The van der Waals surface area contributed by atoms with Crippen molar-refractivity contribution in [1.82, 2.24) is 0 Å². The smallest absolute Gasteiger partial charge is 0.311 e. The van der Waals surface area contributed by atoms with Gasteiger partial charge in [-0.1, -0.05) is 12.1 Å². The first-order valence-corrected chi connectivity index (χ1v) is 9.00. The molecule has 2 amide bonds. The molecule has 0 aliphatic carbocycles. The molecule has 31 heavy (non-hydrogen) atoms. The molecule has 0 saturated carbocycles. The van der Waals surface area contributed by atoms with Gasteiger partial charge in [-0.3, -0.25) is 34.6 Å². The fraction of sp³-hybridized carbons (Fsp3) is 0.211. The first kappa shape index (κ1) is 21.4. The summed E-state index contributed by atoms with van der Waals surface area (Å²) in [5.41, 5.74) is 0.0655. The molecule has 1 fully saturated rings. The molecule has 12 nitrogen and oxygen atoms in total. The third kappa shape index (κ3) is 5.18. The van der Waals surface area contributed by atoms with E-state index in [-0.39, 0.29) is 35.7 Å². The fourth-order valence-corrected chi connectivity index (χ4v) is 3.04. The molecule has 160 valence electrons. The number of carbonyl (C=O) groups excluding carboxylic acids is 3. The SMILES string of the molecule is O=C(COC(=O)[C@@H]1CC(=O)N(c2cccc([N+](=O)[O-])c2)C1)Nc1cccc([N+](=O)[O-])c1. The molecule has 1 saturated heterocycles. The van der Waals surface area contributed by atoms with Crippen molar-refractivity contribution < 1.29 is 29.0 Å². The fourth-order valence-electron chi connectivity index (χ4n) is 3.04. The number of nitro groups is 2. The van der Waals surface area contributed by atoms with Crippen LogP contribution in [0, 0.1) is 26.1 Å². The Morgan fingerprint density at radius 1 is 1.06 bits per heavy atom. The first-order valence-electron chi connectivity index (χ1n) is 9.00. The van der Waals surface area contributed by atoms with E-state index in [0.717, 1.165) is 6.07 Å². The van der Waals surface area contributed by atoms with Crippen molar-refractivity contribution in [2.24, 2.45) is 5.92 Å². The van der Waals surface area contributed by atoms with Gasteiger partial charge in [-0.2, -0.15) is 0 Å². The van der Waals surface area contributed by atoms with Crippen molar-refractivity contribution in [3.8, 4) is 0 Å².